The molecule has 0 saturated heterocycles. The number of carbonyl (C=O) groups is 1. The molecule has 2 heteroatoms. The van der Waals surface area contributed by atoms with Gasteiger partial charge in [0.2, 0.25) is 0 Å². The molecule has 0 spiro atoms. The molecule has 0 aromatic heterocycles. The molecule has 0 fully saturated rings. The quantitative estimate of drug-likeness (QED) is 0.553. The Morgan fingerprint density at radius 2 is 1.36 bits per heavy atom. The zero-order valence-electron chi connectivity index (χ0n) is 15.1. The van der Waals surface area contributed by atoms with Crippen molar-refractivity contribution in [2.75, 3.05) is 0 Å². The molecule has 0 unspecified atom stereocenters. The third kappa shape index (κ3) is 3.63. The van der Waals surface area contributed by atoms with Crippen LogP contribution in [0.5, 0.6) is 11.5 Å². The highest BCUT2D eigenvalue weighted by Crippen LogP contribution is 2.26. The zero-order chi connectivity index (χ0) is 18.0. The smallest absolute Gasteiger partial charge is 0.193 e. The van der Waals surface area contributed by atoms with Crippen molar-refractivity contribution in [3.63, 3.8) is 0 Å². The summed E-state index contributed by atoms with van der Waals surface area (Å²) in [6.07, 6.45) is 0. The normalized spacial score (nSPS) is 10.6. The summed E-state index contributed by atoms with van der Waals surface area (Å²) in [6, 6.07) is 19.4. The zero-order valence-corrected chi connectivity index (χ0v) is 15.1. The molecule has 126 valence electrons. The molecule has 0 aliphatic carbocycles. The number of ketones is 1. The van der Waals surface area contributed by atoms with E-state index < -0.39 is 0 Å². The van der Waals surface area contributed by atoms with Crippen molar-refractivity contribution in [1.29, 1.82) is 0 Å². The minimum Gasteiger partial charge on any atom is -0.457 e. The molecular weight excluding hydrogens is 308 g/mol. The number of hydrogen-bond acceptors (Lipinski definition) is 2. The molecule has 3 aromatic rings. The van der Waals surface area contributed by atoms with E-state index in [1.54, 1.807) is 0 Å². The Kier molecular flexibility index (Phi) is 4.71. The van der Waals surface area contributed by atoms with E-state index in [-0.39, 0.29) is 5.78 Å². The Morgan fingerprint density at radius 1 is 0.720 bits per heavy atom. The molecule has 3 rings (SSSR count). The molecule has 0 N–H and O–H groups in total. The number of ether oxygens (including phenoxy) is 1. The lowest BCUT2D eigenvalue weighted by molar-refractivity contribution is 0.103. The van der Waals surface area contributed by atoms with Crippen LogP contribution in [0, 0.1) is 27.7 Å². The first kappa shape index (κ1) is 17.0. The van der Waals surface area contributed by atoms with Gasteiger partial charge in [0, 0.05) is 11.1 Å². The van der Waals surface area contributed by atoms with Gasteiger partial charge < -0.3 is 4.74 Å². The first-order valence-corrected chi connectivity index (χ1v) is 8.42. The Labute approximate surface area is 149 Å². The molecule has 0 radical (unpaired) electrons. The summed E-state index contributed by atoms with van der Waals surface area (Å²) in [6.45, 7) is 7.99. The van der Waals surface area contributed by atoms with Gasteiger partial charge in [-0.3, -0.25) is 4.79 Å². The SMILES string of the molecule is Cc1cc(C)c(C(=O)c2ccc(Oc3ccccc3)cc2C)c(C)c1. The lowest BCUT2D eigenvalue weighted by Gasteiger charge is -2.13. The van der Waals surface area contributed by atoms with Gasteiger partial charge in [0.1, 0.15) is 11.5 Å². The third-order valence-electron chi connectivity index (χ3n) is 4.33. The summed E-state index contributed by atoms with van der Waals surface area (Å²) in [5.41, 5.74) is 5.65. The fraction of sp³-hybridized carbons (Fsp3) is 0.174. The van der Waals surface area contributed by atoms with Crippen molar-refractivity contribution in [1.82, 2.24) is 0 Å². The molecule has 0 saturated carbocycles. The second-order valence-corrected chi connectivity index (χ2v) is 6.49. The highest BCUT2D eigenvalue weighted by atomic mass is 16.5. The van der Waals surface area contributed by atoms with E-state index in [1.165, 1.54) is 5.56 Å². The van der Waals surface area contributed by atoms with E-state index >= 15 is 0 Å². The molecule has 0 bridgehead atoms. The predicted octanol–water partition coefficient (Wildman–Crippen LogP) is 5.94. The molecule has 0 atom stereocenters. The van der Waals surface area contributed by atoms with Gasteiger partial charge in [0.05, 0.1) is 0 Å². The Hall–Kier alpha value is -2.87. The lowest BCUT2D eigenvalue weighted by Crippen LogP contribution is -2.08. The average molecular weight is 330 g/mol. The Bertz CT molecular complexity index is 901. The molecular formula is C23H22O2. The number of hydrogen-bond donors (Lipinski definition) is 0. The van der Waals surface area contributed by atoms with Crippen LogP contribution in [0.4, 0.5) is 0 Å². The first-order valence-electron chi connectivity index (χ1n) is 8.42. The maximum atomic E-state index is 13.0. The van der Waals surface area contributed by atoms with E-state index in [1.807, 2.05) is 69.3 Å². The maximum Gasteiger partial charge on any atom is 0.193 e. The second kappa shape index (κ2) is 6.94. The van der Waals surface area contributed by atoms with Crippen molar-refractivity contribution in [2.45, 2.75) is 27.7 Å². The van der Waals surface area contributed by atoms with Gasteiger partial charge in [-0.25, -0.2) is 0 Å². The van der Waals surface area contributed by atoms with Crippen LogP contribution in [0.15, 0.2) is 60.7 Å². The van der Waals surface area contributed by atoms with Crippen LogP contribution in [0.2, 0.25) is 0 Å². The van der Waals surface area contributed by atoms with E-state index in [0.29, 0.717) is 0 Å². The standard InChI is InChI=1S/C23H22O2/c1-15-12-17(3)22(18(4)13-15)23(24)21-11-10-20(14-16(21)2)25-19-8-6-5-7-9-19/h5-14H,1-4H3. The lowest BCUT2D eigenvalue weighted by atomic mass is 9.91. The number of benzene rings is 3. The van der Waals surface area contributed by atoms with Crippen molar-refractivity contribution in [2.24, 2.45) is 0 Å². The van der Waals surface area contributed by atoms with Gasteiger partial charge >= 0.3 is 0 Å². The Morgan fingerprint density at radius 3 is 1.96 bits per heavy atom. The number of rotatable bonds is 4. The van der Waals surface area contributed by atoms with E-state index in [2.05, 4.69) is 19.1 Å². The average Bonchev–Trinajstić information content (AvgIpc) is 2.54. The fourth-order valence-corrected chi connectivity index (χ4v) is 3.25. The van der Waals surface area contributed by atoms with Crippen LogP contribution in [0.3, 0.4) is 0 Å². The van der Waals surface area contributed by atoms with Crippen molar-refractivity contribution in [3.05, 3.63) is 94.0 Å². The highest BCUT2D eigenvalue weighted by Gasteiger charge is 2.17. The number of para-hydroxylation sites is 1. The minimum atomic E-state index is 0.0683. The van der Waals surface area contributed by atoms with Crippen LogP contribution in [0.1, 0.15) is 38.2 Å². The number of carbonyl (C=O) groups excluding carboxylic acids is 1. The summed E-state index contributed by atoms with van der Waals surface area (Å²) in [5.74, 6) is 1.59. The van der Waals surface area contributed by atoms with Crippen LogP contribution in [0.25, 0.3) is 0 Å². The minimum absolute atomic E-state index is 0.0683. The largest absolute Gasteiger partial charge is 0.457 e. The van der Waals surface area contributed by atoms with E-state index in [4.69, 9.17) is 4.74 Å². The fourth-order valence-electron chi connectivity index (χ4n) is 3.25. The first-order chi connectivity index (χ1) is 12.0. The summed E-state index contributed by atoms with van der Waals surface area (Å²) in [4.78, 5) is 13.0. The van der Waals surface area contributed by atoms with Gasteiger partial charge in [-0.2, -0.15) is 0 Å². The molecule has 3 aromatic carbocycles. The van der Waals surface area contributed by atoms with Gasteiger partial charge in [-0.05, 0) is 74.7 Å². The summed E-state index contributed by atoms with van der Waals surface area (Å²) >= 11 is 0. The van der Waals surface area contributed by atoms with Crippen LogP contribution in [-0.2, 0) is 0 Å². The molecule has 0 amide bonds. The van der Waals surface area contributed by atoms with Crippen LogP contribution >= 0.6 is 0 Å². The molecule has 25 heavy (non-hydrogen) atoms. The molecule has 0 heterocycles. The van der Waals surface area contributed by atoms with Crippen molar-refractivity contribution in [3.8, 4) is 11.5 Å². The summed E-state index contributed by atoms with van der Waals surface area (Å²) < 4.78 is 5.85. The second-order valence-electron chi connectivity index (χ2n) is 6.49. The van der Waals surface area contributed by atoms with Crippen molar-refractivity contribution < 1.29 is 9.53 Å². The van der Waals surface area contributed by atoms with Gasteiger partial charge in [-0.15, -0.1) is 0 Å². The monoisotopic (exact) mass is 330 g/mol. The molecule has 0 aliphatic heterocycles. The highest BCUT2D eigenvalue weighted by molar-refractivity contribution is 6.11. The van der Waals surface area contributed by atoms with Gasteiger partial charge in [0.25, 0.3) is 0 Å². The maximum absolute atomic E-state index is 13.0. The molecule has 2 nitrogen and oxygen atoms in total. The van der Waals surface area contributed by atoms with E-state index in [9.17, 15) is 4.79 Å². The topological polar surface area (TPSA) is 26.3 Å². The van der Waals surface area contributed by atoms with Crippen LogP contribution in [-0.4, -0.2) is 5.78 Å². The summed E-state index contributed by atoms with van der Waals surface area (Å²) in [7, 11) is 0. The van der Waals surface area contributed by atoms with Gasteiger partial charge in [-0.1, -0.05) is 35.9 Å². The number of aryl methyl sites for hydroxylation is 4. The Balaban J connectivity index is 1.92. The van der Waals surface area contributed by atoms with E-state index in [0.717, 1.165) is 39.3 Å². The van der Waals surface area contributed by atoms with Crippen LogP contribution < -0.4 is 4.74 Å². The predicted molar refractivity (Wildman–Crippen MR) is 102 cm³/mol. The van der Waals surface area contributed by atoms with Crippen molar-refractivity contribution >= 4 is 5.78 Å². The molecule has 0 aliphatic rings. The third-order valence-corrected chi connectivity index (χ3v) is 4.33. The van der Waals surface area contributed by atoms with Gasteiger partial charge in [0.15, 0.2) is 5.78 Å². The summed E-state index contributed by atoms with van der Waals surface area (Å²) in [5, 5.41) is 0.